The van der Waals surface area contributed by atoms with Gasteiger partial charge in [0.2, 0.25) is 0 Å². The molecule has 0 aliphatic rings. The van der Waals surface area contributed by atoms with Crippen molar-refractivity contribution in [2.75, 3.05) is 5.32 Å². The number of ketones is 1. The summed E-state index contributed by atoms with van der Waals surface area (Å²) in [7, 11) is 0. The Labute approximate surface area is 234 Å². The van der Waals surface area contributed by atoms with E-state index in [0.717, 1.165) is 16.7 Å². The lowest BCUT2D eigenvalue weighted by Crippen LogP contribution is -2.05. The molecule has 0 radical (unpaired) electrons. The number of hydrogen-bond acceptors (Lipinski definition) is 4. The fourth-order valence-corrected chi connectivity index (χ4v) is 4.65. The second-order valence-electron chi connectivity index (χ2n) is 8.58. The number of nitrogens with zero attached hydrogens (tertiary/aromatic N) is 1. The number of pyridine rings is 1. The van der Waals surface area contributed by atoms with Gasteiger partial charge in [0.25, 0.3) is 0 Å². The van der Waals surface area contributed by atoms with Gasteiger partial charge < -0.3 is 10.4 Å². The van der Waals surface area contributed by atoms with E-state index < -0.39 is 11.8 Å². The number of anilines is 1. The molecule has 0 saturated carbocycles. The first-order chi connectivity index (χ1) is 18.2. The van der Waals surface area contributed by atoms with Gasteiger partial charge in [-0.2, -0.15) is 0 Å². The second kappa shape index (κ2) is 12.4. The molecule has 9 heteroatoms. The van der Waals surface area contributed by atoms with Gasteiger partial charge in [0.05, 0.1) is 0 Å². The Balaban J connectivity index is 1.49. The minimum atomic E-state index is -0.937. The maximum Gasteiger partial charge on any atom is 0.303 e. The number of aliphatic carboxylic acids is 1. The molecule has 1 aromatic heterocycles. The van der Waals surface area contributed by atoms with Crippen molar-refractivity contribution in [2.24, 2.45) is 0 Å². The van der Waals surface area contributed by atoms with Crippen molar-refractivity contribution in [3.05, 3.63) is 105 Å². The van der Waals surface area contributed by atoms with Gasteiger partial charge in [0.1, 0.15) is 11.5 Å². The monoisotopic (exact) mass is 570 g/mol. The lowest BCUT2D eigenvalue weighted by atomic mass is 10.00. The van der Waals surface area contributed by atoms with Crippen LogP contribution in [0.1, 0.15) is 35.3 Å². The van der Waals surface area contributed by atoms with Crippen molar-refractivity contribution in [3.8, 4) is 22.3 Å². The number of rotatable bonds is 10. The number of halogens is 4. The summed E-state index contributed by atoms with van der Waals surface area (Å²) in [5, 5.41) is 13.4. The summed E-state index contributed by atoms with van der Waals surface area (Å²) in [6, 6.07) is 18.6. The number of nitrogens with one attached hydrogen (secondary N) is 1. The van der Waals surface area contributed by atoms with Gasteiger partial charge in [0, 0.05) is 63.0 Å². The van der Waals surface area contributed by atoms with E-state index in [2.05, 4.69) is 10.3 Å². The minimum Gasteiger partial charge on any atom is -0.481 e. The minimum absolute atomic E-state index is 0.0653. The molecular weight excluding hydrogens is 550 g/mol. The SMILES string of the molecule is O=C(O)CCCC(=O)c1ccc(-c2cc(Cl)ccc2CNc2ccc(-c3ccc(Cl)cc3Cl)c(F)c2)cn1. The normalized spacial score (nSPS) is 10.8. The number of benzene rings is 3. The molecule has 0 bridgehead atoms. The third kappa shape index (κ3) is 6.90. The van der Waals surface area contributed by atoms with Crippen LogP contribution in [0.3, 0.4) is 0 Å². The van der Waals surface area contributed by atoms with Gasteiger partial charge in [-0.05, 0) is 66.1 Å². The molecule has 0 saturated heterocycles. The number of Topliss-reactive ketones (excluding diaryl/α,β-unsaturated/α-hetero) is 1. The van der Waals surface area contributed by atoms with Crippen molar-refractivity contribution in [3.63, 3.8) is 0 Å². The van der Waals surface area contributed by atoms with Crippen LogP contribution in [0.5, 0.6) is 0 Å². The maximum absolute atomic E-state index is 14.9. The zero-order chi connectivity index (χ0) is 27.2. The summed E-state index contributed by atoms with van der Waals surface area (Å²) in [5.74, 6) is -1.58. The molecule has 38 heavy (non-hydrogen) atoms. The Bertz CT molecular complexity index is 1490. The smallest absolute Gasteiger partial charge is 0.303 e. The van der Waals surface area contributed by atoms with Crippen molar-refractivity contribution < 1.29 is 19.1 Å². The van der Waals surface area contributed by atoms with Crippen LogP contribution in [0.15, 0.2) is 72.9 Å². The summed E-state index contributed by atoms with van der Waals surface area (Å²) in [6.45, 7) is 0.378. The third-order valence-electron chi connectivity index (χ3n) is 5.90. The van der Waals surface area contributed by atoms with E-state index in [9.17, 15) is 14.0 Å². The summed E-state index contributed by atoms with van der Waals surface area (Å²) < 4.78 is 14.9. The van der Waals surface area contributed by atoms with Crippen LogP contribution in [0.2, 0.25) is 15.1 Å². The quantitative estimate of drug-likeness (QED) is 0.186. The molecule has 0 unspecified atom stereocenters. The Morgan fingerprint density at radius 1 is 0.842 bits per heavy atom. The standard InChI is InChI=1S/C29H22Cl3FN2O3/c30-19-6-4-17(24(12-19)18-5-11-27(35-16-18)28(36)2-1-3-29(37)38)15-34-21-8-10-23(26(33)14-21)22-9-7-20(31)13-25(22)32/h4-14,16,34H,1-3,15H2,(H,37,38). The van der Waals surface area contributed by atoms with E-state index in [1.165, 1.54) is 6.07 Å². The fraction of sp³-hybridized carbons (Fsp3) is 0.138. The van der Waals surface area contributed by atoms with Crippen molar-refractivity contribution >= 4 is 52.2 Å². The predicted molar refractivity (Wildman–Crippen MR) is 150 cm³/mol. The average molecular weight is 572 g/mol. The highest BCUT2D eigenvalue weighted by Gasteiger charge is 2.13. The lowest BCUT2D eigenvalue weighted by molar-refractivity contribution is -0.137. The van der Waals surface area contributed by atoms with Crippen molar-refractivity contribution in [2.45, 2.75) is 25.8 Å². The highest BCUT2D eigenvalue weighted by molar-refractivity contribution is 6.36. The Kier molecular flexibility index (Phi) is 9.00. The van der Waals surface area contributed by atoms with E-state index >= 15 is 0 Å². The number of carbonyl (C=O) groups excluding carboxylic acids is 1. The molecule has 0 aliphatic carbocycles. The van der Waals surface area contributed by atoms with E-state index in [4.69, 9.17) is 39.9 Å². The van der Waals surface area contributed by atoms with E-state index in [1.807, 2.05) is 6.07 Å². The maximum atomic E-state index is 14.9. The highest BCUT2D eigenvalue weighted by atomic mass is 35.5. The van der Waals surface area contributed by atoms with Gasteiger partial charge in [0.15, 0.2) is 5.78 Å². The van der Waals surface area contributed by atoms with Crippen LogP contribution in [0.4, 0.5) is 10.1 Å². The van der Waals surface area contributed by atoms with Crippen LogP contribution < -0.4 is 5.32 Å². The van der Waals surface area contributed by atoms with Gasteiger partial charge >= 0.3 is 5.97 Å². The topological polar surface area (TPSA) is 79.3 Å². The lowest BCUT2D eigenvalue weighted by Gasteiger charge is -2.14. The first kappa shape index (κ1) is 27.6. The number of hydrogen-bond donors (Lipinski definition) is 2. The van der Waals surface area contributed by atoms with E-state index in [1.54, 1.807) is 60.8 Å². The summed E-state index contributed by atoms with van der Waals surface area (Å²) in [5.41, 5.74) is 4.24. The van der Waals surface area contributed by atoms with Crippen LogP contribution in [-0.2, 0) is 11.3 Å². The molecular formula is C29H22Cl3FN2O3. The molecule has 5 nitrogen and oxygen atoms in total. The predicted octanol–water partition coefficient (Wildman–Crippen LogP) is 8.56. The molecule has 4 aromatic rings. The Morgan fingerprint density at radius 2 is 1.58 bits per heavy atom. The summed E-state index contributed by atoms with van der Waals surface area (Å²) in [4.78, 5) is 27.2. The van der Waals surface area contributed by atoms with Gasteiger partial charge in [-0.15, -0.1) is 0 Å². The fourth-order valence-electron chi connectivity index (χ4n) is 3.97. The summed E-state index contributed by atoms with van der Waals surface area (Å²) in [6.07, 6.45) is 1.90. The van der Waals surface area contributed by atoms with Gasteiger partial charge in [-0.25, -0.2) is 4.39 Å². The largest absolute Gasteiger partial charge is 0.481 e. The van der Waals surface area contributed by atoms with Gasteiger partial charge in [-0.3, -0.25) is 14.6 Å². The number of carbonyl (C=O) groups is 2. The highest BCUT2D eigenvalue weighted by Crippen LogP contribution is 2.33. The van der Waals surface area contributed by atoms with Gasteiger partial charge in [-0.1, -0.05) is 53.0 Å². The average Bonchev–Trinajstić information content (AvgIpc) is 2.88. The second-order valence-corrected chi connectivity index (χ2v) is 9.86. The Hall–Kier alpha value is -3.45. The van der Waals surface area contributed by atoms with Crippen LogP contribution >= 0.6 is 34.8 Å². The number of aromatic nitrogens is 1. The molecule has 0 amide bonds. The van der Waals surface area contributed by atoms with Crippen LogP contribution in [-0.4, -0.2) is 21.8 Å². The molecule has 0 atom stereocenters. The first-order valence-electron chi connectivity index (χ1n) is 11.7. The van der Waals surface area contributed by atoms with Crippen molar-refractivity contribution in [1.82, 2.24) is 4.98 Å². The molecule has 4 rings (SSSR count). The van der Waals surface area contributed by atoms with Crippen molar-refractivity contribution in [1.29, 1.82) is 0 Å². The number of carboxylic acid groups (broad SMARTS) is 1. The molecule has 194 valence electrons. The number of carboxylic acids is 1. The molecule has 0 spiro atoms. The molecule has 1 heterocycles. The molecule has 0 fully saturated rings. The molecule has 2 N–H and O–H groups in total. The first-order valence-corrected chi connectivity index (χ1v) is 12.8. The van der Waals surface area contributed by atoms with E-state index in [0.29, 0.717) is 38.4 Å². The summed E-state index contributed by atoms with van der Waals surface area (Å²) >= 11 is 18.5. The van der Waals surface area contributed by atoms with Crippen LogP contribution in [0, 0.1) is 5.82 Å². The Morgan fingerprint density at radius 3 is 2.26 bits per heavy atom. The van der Waals surface area contributed by atoms with E-state index in [-0.39, 0.29) is 30.7 Å². The van der Waals surface area contributed by atoms with Crippen LogP contribution in [0.25, 0.3) is 22.3 Å². The zero-order valence-electron chi connectivity index (χ0n) is 20.0. The third-order valence-corrected chi connectivity index (χ3v) is 6.68. The zero-order valence-corrected chi connectivity index (χ0v) is 22.2. The molecule has 0 aliphatic heterocycles. The molecule has 3 aromatic carbocycles.